The van der Waals surface area contributed by atoms with Crippen LogP contribution >= 0.6 is 0 Å². The number of aliphatic hydroxyl groups excluding tert-OH is 1. The van der Waals surface area contributed by atoms with Gasteiger partial charge in [-0.05, 0) is 219 Å². The van der Waals surface area contributed by atoms with Crippen LogP contribution in [0, 0.1) is 10.8 Å². The Labute approximate surface area is 443 Å². The van der Waals surface area contributed by atoms with Gasteiger partial charge >= 0.3 is 0 Å². The number of nitrogens with one attached hydrogen (secondary N) is 1. The summed E-state index contributed by atoms with van der Waals surface area (Å²) in [5, 5.41) is 14.7. The quantitative estimate of drug-likeness (QED) is 0.0888. The maximum atomic E-state index is 10.9. The van der Waals surface area contributed by atoms with Crippen LogP contribution in [-0.2, 0) is 19.3 Å². The number of benzene rings is 6. The molecule has 73 heavy (non-hydrogen) atoms. The molecule has 0 bridgehead atoms. The summed E-state index contributed by atoms with van der Waals surface area (Å²) >= 11 is 0. The molecule has 6 heteroatoms. The van der Waals surface area contributed by atoms with Crippen molar-refractivity contribution in [3.8, 4) is 0 Å². The van der Waals surface area contributed by atoms with Gasteiger partial charge < -0.3 is 30.0 Å². The summed E-state index contributed by atoms with van der Waals surface area (Å²) in [5.41, 5.74) is 15.0. The van der Waals surface area contributed by atoms with Gasteiger partial charge in [0.15, 0.2) is 0 Å². The van der Waals surface area contributed by atoms with Crippen LogP contribution in [0.15, 0.2) is 146 Å². The zero-order valence-corrected chi connectivity index (χ0v) is 48.4. The highest BCUT2D eigenvalue weighted by Gasteiger charge is 2.36. The lowest BCUT2D eigenvalue weighted by Gasteiger charge is -2.47. The summed E-state index contributed by atoms with van der Waals surface area (Å²) in [6, 6.07) is 53.9. The molecule has 6 aromatic carbocycles. The SMILES string of the molecule is CC(C)(C)C(c1ccc(Cc2ccc(N(CO)CN(CNc3ccc(Cc4ccc(N(C(C)(C)C)C(C)(C)C)cc4)cc3)c3ccc(Cc4ccc(N(C(C)(C)C)C(C)(C)C)cc4)cc3)cc2)cc1)C(C)(C)C. The fraction of sp³-hybridized carbons (Fsp3) is 0.463. The number of anilines is 5. The lowest BCUT2D eigenvalue weighted by molar-refractivity contribution is 0.176. The van der Waals surface area contributed by atoms with Gasteiger partial charge in [-0.1, -0.05) is 126 Å². The molecule has 392 valence electrons. The van der Waals surface area contributed by atoms with Crippen LogP contribution in [0.25, 0.3) is 0 Å². The molecule has 6 nitrogen and oxygen atoms in total. The molecule has 0 amide bonds. The van der Waals surface area contributed by atoms with Crippen LogP contribution in [0.3, 0.4) is 0 Å². The van der Waals surface area contributed by atoms with E-state index in [0.717, 1.165) is 36.3 Å². The fourth-order valence-electron chi connectivity index (χ4n) is 12.1. The van der Waals surface area contributed by atoms with Gasteiger partial charge in [0.2, 0.25) is 0 Å². The maximum Gasteiger partial charge on any atom is 0.117 e. The zero-order valence-electron chi connectivity index (χ0n) is 48.4. The van der Waals surface area contributed by atoms with Crippen molar-refractivity contribution < 1.29 is 5.11 Å². The summed E-state index contributed by atoms with van der Waals surface area (Å²) in [7, 11) is 0. The lowest BCUT2D eigenvalue weighted by atomic mass is 9.63. The van der Waals surface area contributed by atoms with E-state index in [1.165, 1.54) is 50.3 Å². The minimum Gasteiger partial charge on any atom is -0.376 e. The van der Waals surface area contributed by atoms with E-state index >= 15 is 0 Å². The van der Waals surface area contributed by atoms with Gasteiger partial charge in [-0.15, -0.1) is 0 Å². The first-order chi connectivity index (χ1) is 33.9. The first-order valence-electron chi connectivity index (χ1n) is 26.9. The molecular weight excluding hydrogens is 891 g/mol. The van der Waals surface area contributed by atoms with Crippen molar-refractivity contribution in [2.75, 3.05) is 45.0 Å². The Kier molecular flexibility index (Phi) is 17.4. The highest BCUT2D eigenvalue weighted by atomic mass is 16.3. The Balaban J connectivity index is 1.18. The number of hydrogen-bond acceptors (Lipinski definition) is 6. The van der Waals surface area contributed by atoms with Crippen molar-refractivity contribution in [2.24, 2.45) is 10.8 Å². The van der Waals surface area contributed by atoms with Crippen LogP contribution in [0.5, 0.6) is 0 Å². The lowest BCUT2D eigenvalue weighted by Crippen LogP contribution is -2.53. The molecule has 6 aromatic rings. The van der Waals surface area contributed by atoms with E-state index in [-0.39, 0.29) is 39.7 Å². The van der Waals surface area contributed by atoms with E-state index < -0.39 is 0 Å². The Morgan fingerprint density at radius 1 is 0.356 bits per heavy atom. The van der Waals surface area contributed by atoms with Gasteiger partial charge in [0.1, 0.15) is 6.73 Å². The first-order valence-corrected chi connectivity index (χ1v) is 26.9. The van der Waals surface area contributed by atoms with E-state index in [0.29, 0.717) is 19.3 Å². The van der Waals surface area contributed by atoms with Crippen LogP contribution in [0.1, 0.15) is 169 Å². The van der Waals surface area contributed by atoms with Crippen LogP contribution in [-0.4, -0.2) is 47.3 Å². The number of rotatable bonds is 17. The molecule has 0 aliphatic carbocycles. The highest BCUT2D eigenvalue weighted by Crippen LogP contribution is 2.47. The molecule has 6 rings (SSSR count). The predicted octanol–water partition coefficient (Wildman–Crippen LogP) is 16.7. The van der Waals surface area contributed by atoms with Gasteiger partial charge in [0.25, 0.3) is 0 Å². The summed E-state index contributed by atoms with van der Waals surface area (Å²) in [4.78, 5) is 9.34. The predicted molar refractivity (Wildman–Crippen MR) is 318 cm³/mol. The van der Waals surface area contributed by atoms with Gasteiger partial charge in [-0.3, -0.25) is 0 Å². The minimum atomic E-state index is -0.115. The molecule has 0 aliphatic heterocycles. The average Bonchev–Trinajstić information content (AvgIpc) is 3.27. The third-order valence-corrected chi connectivity index (χ3v) is 13.9. The second-order valence-corrected chi connectivity index (χ2v) is 26.9. The Morgan fingerprint density at radius 3 is 0.918 bits per heavy atom. The monoisotopic (exact) mass is 984 g/mol. The van der Waals surface area contributed by atoms with Gasteiger partial charge in [-0.25, -0.2) is 0 Å². The molecular formula is C67H93N5O. The van der Waals surface area contributed by atoms with Gasteiger partial charge in [0.05, 0.1) is 13.3 Å². The Morgan fingerprint density at radius 2 is 0.630 bits per heavy atom. The van der Waals surface area contributed by atoms with Gasteiger partial charge in [0, 0.05) is 50.6 Å². The maximum absolute atomic E-state index is 10.9. The van der Waals surface area contributed by atoms with Crippen molar-refractivity contribution in [1.29, 1.82) is 0 Å². The van der Waals surface area contributed by atoms with E-state index in [9.17, 15) is 5.11 Å². The molecule has 0 aliphatic rings. The minimum absolute atomic E-state index is 0.0000369. The first kappa shape index (κ1) is 56.6. The Hall–Kier alpha value is -5.72. The van der Waals surface area contributed by atoms with Crippen molar-refractivity contribution in [2.45, 2.75) is 172 Å². The number of aliphatic hydroxyl groups is 1. The smallest absolute Gasteiger partial charge is 0.117 e. The molecule has 0 unspecified atom stereocenters. The van der Waals surface area contributed by atoms with E-state index in [4.69, 9.17) is 0 Å². The average molecular weight is 985 g/mol. The van der Waals surface area contributed by atoms with E-state index in [2.05, 4.69) is 290 Å². The molecule has 0 atom stereocenters. The molecule has 0 saturated carbocycles. The van der Waals surface area contributed by atoms with E-state index in [1.807, 2.05) is 4.90 Å². The zero-order chi connectivity index (χ0) is 53.7. The Bertz CT molecular complexity index is 2580. The highest BCUT2D eigenvalue weighted by molar-refractivity contribution is 5.57. The summed E-state index contributed by atoms with van der Waals surface area (Å²) in [6.45, 7) is 42.4. The second kappa shape index (κ2) is 22.4. The summed E-state index contributed by atoms with van der Waals surface area (Å²) in [6.07, 6.45) is 2.57. The van der Waals surface area contributed by atoms with Crippen LogP contribution in [0.2, 0.25) is 0 Å². The third kappa shape index (κ3) is 15.4. The number of nitrogens with zero attached hydrogens (tertiary/aromatic N) is 4. The molecule has 0 saturated heterocycles. The fourth-order valence-corrected chi connectivity index (χ4v) is 12.1. The standard InChI is InChI=1S/C67H93N5O/c1-62(2,3)61(63(4,5)6)55-31-19-49(20-32-55)43-52-25-37-58(38-26-52)70(48-73)47-69(57-35-23-51(24-36-57)45-54-29-41-60(42-30-54)72(66(13,14)15)67(16,17)18)46-68-56-33-21-50(22-34-56)44-53-27-39-59(40-28-53)71(64(7,8)9)65(10,11)12/h19-42,61,68,73H,43-48H2,1-18H3. The molecule has 2 N–H and O–H groups in total. The normalized spacial score (nSPS) is 12.8. The van der Waals surface area contributed by atoms with Crippen LogP contribution in [0.4, 0.5) is 28.4 Å². The van der Waals surface area contributed by atoms with Crippen molar-refractivity contribution in [1.82, 2.24) is 0 Å². The van der Waals surface area contributed by atoms with Gasteiger partial charge in [-0.2, -0.15) is 0 Å². The molecule has 0 heterocycles. The third-order valence-electron chi connectivity index (χ3n) is 13.9. The summed E-state index contributed by atoms with van der Waals surface area (Å²) < 4.78 is 0. The molecule has 0 spiro atoms. The van der Waals surface area contributed by atoms with E-state index in [1.54, 1.807) is 0 Å². The summed E-state index contributed by atoms with van der Waals surface area (Å²) in [5.74, 6) is 0.451. The van der Waals surface area contributed by atoms with Crippen molar-refractivity contribution in [3.63, 3.8) is 0 Å². The molecule has 0 radical (unpaired) electrons. The molecule has 0 fully saturated rings. The van der Waals surface area contributed by atoms with Crippen molar-refractivity contribution >= 4 is 28.4 Å². The second-order valence-electron chi connectivity index (χ2n) is 26.9. The van der Waals surface area contributed by atoms with Crippen LogP contribution < -0.4 is 24.9 Å². The van der Waals surface area contributed by atoms with Crippen molar-refractivity contribution in [3.05, 3.63) is 185 Å². The largest absolute Gasteiger partial charge is 0.376 e. The molecule has 0 aromatic heterocycles. The topological polar surface area (TPSA) is 45.2 Å². The number of hydrogen-bond donors (Lipinski definition) is 2.